The third kappa shape index (κ3) is 11.1. The van der Waals surface area contributed by atoms with Crippen molar-refractivity contribution in [2.24, 2.45) is 0 Å². The van der Waals surface area contributed by atoms with E-state index in [1.165, 1.54) is 44.5 Å². The molecule has 0 saturated heterocycles. The minimum absolute atomic E-state index is 0.0930. The Bertz CT molecular complexity index is 4720. The van der Waals surface area contributed by atoms with Crippen LogP contribution in [0.5, 0.6) is 0 Å². The van der Waals surface area contributed by atoms with Crippen LogP contribution in [0.25, 0.3) is 133 Å². The topological polar surface area (TPSA) is 106 Å². The van der Waals surface area contributed by atoms with E-state index < -0.39 is 0 Å². The summed E-state index contributed by atoms with van der Waals surface area (Å²) in [5.41, 5.74) is 14.9. The zero-order valence-electron chi connectivity index (χ0n) is 57.8. The Hall–Kier alpha value is -6.68. The van der Waals surface area contributed by atoms with Crippen molar-refractivity contribution in [3.8, 4) is 45.6 Å². The summed E-state index contributed by atoms with van der Waals surface area (Å²) in [6.07, 6.45) is 0. The van der Waals surface area contributed by atoms with E-state index in [1.807, 2.05) is 0 Å². The van der Waals surface area contributed by atoms with E-state index in [-0.39, 0.29) is 43.3 Å². The molecule has 10 heteroatoms. The fourth-order valence-electron chi connectivity index (χ4n) is 13.3. The van der Waals surface area contributed by atoms with E-state index in [4.69, 9.17) is 48.4 Å². The molecule has 0 atom stereocenters. The predicted octanol–water partition coefficient (Wildman–Crippen LogP) is 21.4. The average Bonchev–Trinajstić information content (AvgIpc) is 1.32. The van der Waals surface area contributed by atoms with Crippen molar-refractivity contribution in [1.29, 1.82) is 0 Å². The van der Waals surface area contributed by atoms with Gasteiger partial charge in [-0.05, 0) is 201 Å². The first-order valence-corrected chi connectivity index (χ1v) is 36.2. The quantitative estimate of drug-likeness (QED) is 0.148. The summed E-state index contributed by atoms with van der Waals surface area (Å²) in [6, 6.07) is 37.5. The molecular weight excluding hydrogens is 1220 g/mol. The molecule has 0 amide bonds. The average molecular weight is 1310 g/mol. The maximum absolute atomic E-state index is 5.67. The van der Waals surface area contributed by atoms with Crippen molar-refractivity contribution in [2.45, 2.75) is 209 Å². The first-order chi connectivity index (χ1) is 41.6. The van der Waals surface area contributed by atoms with Gasteiger partial charge in [-0.3, -0.25) is 0 Å². The molecule has 8 bridgehead atoms. The fourth-order valence-corrected chi connectivity index (χ4v) is 13.3. The summed E-state index contributed by atoms with van der Waals surface area (Å²) in [5.74, 6) is 2.16. The van der Waals surface area contributed by atoms with Crippen LogP contribution < -0.4 is 9.97 Å². The third-order valence-corrected chi connectivity index (χ3v) is 18.7. The summed E-state index contributed by atoms with van der Waals surface area (Å²) in [4.78, 5) is 44.9. The molecule has 8 nitrogen and oxygen atoms in total. The molecule has 11 aromatic rings. The molecule has 0 N–H and O–H groups in total. The van der Waals surface area contributed by atoms with Crippen molar-refractivity contribution in [3.05, 3.63) is 142 Å². The summed E-state index contributed by atoms with van der Waals surface area (Å²) >= 11 is 0.822. The van der Waals surface area contributed by atoms with E-state index in [0.717, 1.165) is 110 Å². The zero-order chi connectivity index (χ0) is 65.4. The molecule has 5 heterocycles. The normalized spacial score (nSPS) is 13.7. The Morgan fingerprint density at radius 3 is 0.678 bits per heavy atom. The number of halogens is 1. The maximum atomic E-state index is 5.67. The van der Waals surface area contributed by atoms with E-state index >= 15 is 0 Å². The van der Waals surface area contributed by atoms with Crippen LogP contribution in [0, 0.1) is 0 Å². The number of nitrogens with zero attached hydrogens (tertiary/aromatic N) is 8. The standard InChI is InChI=1S/C80H88N8.ClH.In/c1-73(2,3)45-25-41-29-53-57(37-49(41)61(33-45)77(13,14)15)69-81-65(53)85-70-58-38-50-42(26-46(74(4,5)6)34-62(50)78(16,17)18)30-54(58)67(82-70)87-72-60-40-52-44(28-48(76(10,11)12)36-64(52)80(22,23)24)32-56(60)68(84-72)88-71-59-39-51-43(31-55(59)66(83-71)86-69)27-47(75(7,8)9)35-63(51)79(19,20)21;;/h25-40H,1-24H3;1H;/q-2;;+1/p-1. The van der Waals surface area contributed by atoms with Gasteiger partial charge in [0.1, 0.15) is 0 Å². The van der Waals surface area contributed by atoms with Gasteiger partial charge in [-0.1, -0.05) is 215 Å². The summed E-state index contributed by atoms with van der Waals surface area (Å²) in [7, 11) is 4.77. The van der Waals surface area contributed by atoms with Crippen molar-refractivity contribution in [1.82, 2.24) is 39.9 Å². The minimum atomic E-state index is -0.169. The Morgan fingerprint density at radius 1 is 0.233 bits per heavy atom. The molecule has 8 aromatic carbocycles. The van der Waals surface area contributed by atoms with Crippen LogP contribution in [0.1, 0.15) is 211 Å². The molecule has 460 valence electrons. The second kappa shape index (κ2) is 20.9. The van der Waals surface area contributed by atoms with E-state index in [9.17, 15) is 0 Å². The molecule has 3 aromatic heterocycles. The van der Waals surface area contributed by atoms with Gasteiger partial charge in [-0.2, -0.15) is 0 Å². The monoisotopic (exact) mass is 1310 g/mol. The summed E-state index contributed by atoms with van der Waals surface area (Å²) in [6.45, 7) is 55.2. The molecule has 90 heavy (non-hydrogen) atoms. The third-order valence-electron chi connectivity index (χ3n) is 18.7. The number of benzene rings is 8. The number of rotatable bonds is 0. The van der Waals surface area contributed by atoms with Gasteiger partial charge >= 0.3 is 31.8 Å². The van der Waals surface area contributed by atoms with Gasteiger partial charge in [0.15, 0.2) is 0 Å². The Labute approximate surface area is 551 Å². The van der Waals surface area contributed by atoms with Gasteiger partial charge < -0.3 is 29.9 Å². The molecule has 0 fully saturated rings. The van der Waals surface area contributed by atoms with Gasteiger partial charge in [0.05, 0.1) is 23.3 Å². The molecule has 2 radical (unpaired) electrons. The molecule has 2 aliphatic heterocycles. The second-order valence-electron chi connectivity index (χ2n) is 34.1. The van der Waals surface area contributed by atoms with Crippen LogP contribution in [0.3, 0.4) is 0 Å². The van der Waals surface area contributed by atoms with E-state index in [2.05, 4.69) is 263 Å². The van der Waals surface area contributed by atoms with Crippen molar-refractivity contribution in [2.75, 3.05) is 0 Å². The van der Waals surface area contributed by atoms with Crippen LogP contribution in [-0.2, 0) is 43.3 Å². The van der Waals surface area contributed by atoms with Gasteiger partial charge in [0.25, 0.3) is 0 Å². The van der Waals surface area contributed by atoms with Gasteiger partial charge in [-0.25, -0.2) is 9.97 Å². The molecule has 2 aliphatic rings. The second-order valence-corrected chi connectivity index (χ2v) is 34.1. The molecule has 0 saturated carbocycles. The van der Waals surface area contributed by atoms with Crippen molar-refractivity contribution >= 4 is 119 Å². The molecule has 0 aliphatic carbocycles. The van der Waals surface area contributed by atoms with Crippen molar-refractivity contribution < 1.29 is 0 Å². The van der Waals surface area contributed by atoms with Gasteiger partial charge in [0, 0.05) is 44.8 Å². The van der Waals surface area contributed by atoms with E-state index in [1.54, 1.807) is 0 Å². The summed E-state index contributed by atoms with van der Waals surface area (Å²) < 4.78 is 0. The Balaban J connectivity index is 0.00000389. The Kier molecular flexibility index (Phi) is 14.8. The first kappa shape index (κ1) is 63.5. The van der Waals surface area contributed by atoms with E-state index in [0.29, 0.717) is 45.9 Å². The van der Waals surface area contributed by atoms with Crippen LogP contribution in [0.2, 0.25) is 0 Å². The van der Waals surface area contributed by atoms with Crippen LogP contribution in [0.4, 0.5) is 0 Å². The predicted molar refractivity (Wildman–Crippen MR) is 385 cm³/mol. The first-order valence-electron chi connectivity index (χ1n) is 32.0. The molecule has 0 spiro atoms. The molecule has 0 unspecified atom stereocenters. The van der Waals surface area contributed by atoms with Gasteiger partial charge in [-0.15, -0.1) is 0 Å². The Morgan fingerprint density at radius 2 is 0.444 bits per heavy atom. The van der Waals surface area contributed by atoms with Crippen molar-refractivity contribution in [3.63, 3.8) is 0 Å². The number of fused-ring (bicyclic) bond motifs is 24. The SMILES string of the molecule is CC(C)(C)c1cc(C(C)(C)C)c2cc3c(cc2c1)-c1nc-3nc2[n-]c(nc3nc(nc4[n-]c(n1)c1cc5c(C(C)(C)C)cc(C(C)(C)C)cc5cc41)-c1cc4c(C(C)(C)C)cc(C(C)(C)C)cc4cc1-3)c1cc3c(C(C)(C)C)cc(C(C)(C)C)cc3cc21.[Cl][In]. The zero-order valence-corrected chi connectivity index (χ0v) is 61.8. The van der Waals surface area contributed by atoms with Crippen LogP contribution in [0.15, 0.2) is 97.1 Å². The number of hydrogen-bond acceptors (Lipinski definition) is 6. The molecule has 13 rings (SSSR count). The number of aromatic nitrogens is 8. The summed E-state index contributed by atoms with van der Waals surface area (Å²) in [5, 5.41) is 12.7. The van der Waals surface area contributed by atoms with Crippen LogP contribution in [-0.4, -0.2) is 53.1 Å². The van der Waals surface area contributed by atoms with Crippen LogP contribution >= 0.6 is 8.58 Å². The number of hydrogen-bond donors (Lipinski definition) is 0. The molecular formula is C80H88ClInN8-2. The van der Waals surface area contributed by atoms with Gasteiger partial charge in [0.2, 0.25) is 0 Å². The fraction of sp³-hybridized carbons (Fsp3) is 0.400.